The number of hydrogen-bond acceptors (Lipinski definition) is 1. The molecule has 2 aromatic carbocycles. The molecule has 7 heteroatoms. The first-order valence-electron chi connectivity index (χ1n) is 5.28. The number of benzene rings is 2. The summed E-state index contributed by atoms with van der Waals surface area (Å²) in [5.74, 6) is -1.52. The van der Waals surface area contributed by atoms with E-state index >= 15 is 0 Å². The largest absolute Gasteiger partial charge is 0.432 e. The molecule has 0 bridgehead atoms. The number of hydrogen-bond donors (Lipinski definition) is 0. The van der Waals surface area contributed by atoms with E-state index in [0.29, 0.717) is 0 Å². The molecule has 0 aromatic heterocycles. The van der Waals surface area contributed by atoms with Gasteiger partial charge in [0.25, 0.3) is 0 Å². The van der Waals surface area contributed by atoms with E-state index in [2.05, 4.69) is 4.74 Å². The van der Waals surface area contributed by atoms with Gasteiger partial charge in [-0.2, -0.15) is 8.78 Å². The molecule has 0 N–H and O–H groups in total. The molecular weight excluding hydrogens is 335 g/mol. The Kier molecular flexibility index (Phi) is 4.68. The highest BCUT2D eigenvalue weighted by molar-refractivity contribution is 6.44. The maximum atomic E-state index is 14.1. The summed E-state index contributed by atoms with van der Waals surface area (Å²) in [5.41, 5.74) is 0.227. The topological polar surface area (TPSA) is 9.23 Å². The molecule has 2 aromatic rings. The maximum absolute atomic E-state index is 14.1. The lowest BCUT2D eigenvalue weighted by atomic mass is 10.0. The molecule has 0 saturated heterocycles. The Hall–Kier alpha value is -1.10. The first-order valence-corrected chi connectivity index (χ1v) is 6.41. The molecule has 0 unspecified atom stereocenters. The van der Waals surface area contributed by atoms with Crippen LogP contribution in [0.4, 0.5) is 13.2 Å². The van der Waals surface area contributed by atoms with Gasteiger partial charge in [0.05, 0.1) is 15.1 Å². The monoisotopic (exact) mass is 340 g/mol. The minimum absolute atomic E-state index is 0.00767. The van der Waals surface area contributed by atoms with Crippen LogP contribution in [0.3, 0.4) is 0 Å². The minimum Gasteiger partial charge on any atom is -0.432 e. The molecule has 0 amide bonds. The molecule has 106 valence electrons. The SMILES string of the molecule is Fc1c(OC(F)F)cccc1-c1cc(Cl)c(Cl)cc1Cl. The zero-order valence-corrected chi connectivity index (χ0v) is 11.9. The van der Waals surface area contributed by atoms with Crippen molar-refractivity contribution >= 4 is 34.8 Å². The van der Waals surface area contributed by atoms with Crippen LogP contribution in [0.1, 0.15) is 0 Å². The van der Waals surface area contributed by atoms with Gasteiger partial charge in [-0.15, -0.1) is 0 Å². The predicted molar refractivity (Wildman–Crippen MR) is 73.5 cm³/mol. The van der Waals surface area contributed by atoms with Crippen molar-refractivity contribution in [2.75, 3.05) is 0 Å². The minimum atomic E-state index is -3.12. The molecular formula is C13H6Cl3F3O. The third kappa shape index (κ3) is 3.14. The van der Waals surface area contributed by atoms with E-state index in [9.17, 15) is 13.2 Å². The average Bonchev–Trinajstić information content (AvgIpc) is 2.36. The third-order valence-electron chi connectivity index (χ3n) is 2.48. The third-order valence-corrected chi connectivity index (χ3v) is 3.51. The van der Waals surface area contributed by atoms with Gasteiger partial charge < -0.3 is 4.74 Å². The average molecular weight is 342 g/mol. The van der Waals surface area contributed by atoms with Crippen LogP contribution in [0.5, 0.6) is 5.75 Å². The van der Waals surface area contributed by atoms with Crippen LogP contribution in [0.2, 0.25) is 15.1 Å². The summed E-state index contributed by atoms with van der Waals surface area (Å²) < 4.78 is 42.6. The highest BCUT2D eigenvalue weighted by Crippen LogP contribution is 2.38. The lowest BCUT2D eigenvalue weighted by Gasteiger charge is -2.11. The maximum Gasteiger partial charge on any atom is 0.387 e. The van der Waals surface area contributed by atoms with Crippen LogP contribution < -0.4 is 4.74 Å². The van der Waals surface area contributed by atoms with Crippen molar-refractivity contribution in [2.45, 2.75) is 6.61 Å². The van der Waals surface area contributed by atoms with E-state index in [4.69, 9.17) is 34.8 Å². The molecule has 0 aliphatic carbocycles. The summed E-state index contributed by atoms with van der Waals surface area (Å²) in [6, 6.07) is 6.54. The fourth-order valence-electron chi connectivity index (χ4n) is 1.63. The summed E-state index contributed by atoms with van der Waals surface area (Å²) >= 11 is 17.6. The van der Waals surface area contributed by atoms with Gasteiger partial charge in [-0.25, -0.2) is 4.39 Å². The number of alkyl halides is 2. The van der Waals surface area contributed by atoms with Gasteiger partial charge in [0.15, 0.2) is 11.6 Å². The van der Waals surface area contributed by atoms with Crippen LogP contribution >= 0.6 is 34.8 Å². The molecule has 0 radical (unpaired) electrons. The lowest BCUT2D eigenvalue weighted by molar-refractivity contribution is -0.0521. The predicted octanol–water partition coefficient (Wildman–Crippen LogP) is 6.05. The van der Waals surface area contributed by atoms with Crippen molar-refractivity contribution in [3.8, 4) is 16.9 Å². The second-order valence-electron chi connectivity index (χ2n) is 3.74. The molecule has 0 saturated carbocycles. The van der Waals surface area contributed by atoms with Crippen LogP contribution in [0.25, 0.3) is 11.1 Å². The van der Waals surface area contributed by atoms with Gasteiger partial charge in [-0.1, -0.05) is 46.9 Å². The van der Waals surface area contributed by atoms with Gasteiger partial charge in [0, 0.05) is 11.1 Å². The fraction of sp³-hybridized carbons (Fsp3) is 0.0769. The van der Waals surface area contributed by atoms with Crippen molar-refractivity contribution in [3.05, 3.63) is 51.2 Å². The van der Waals surface area contributed by atoms with E-state index in [-0.39, 0.29) is 26.2 Å². The van der Waals surface area contributed by atoms with E-state index in [0.717, 1.165) is 6.07 Å². The summed E-state index contributed by atoms with van der Waals surface area (Å²) in [6.45, 7) is -3.12. The Morgan fingerprint density at radius 1 is 0.900 bits per heavy atom. The zero-order valence-electron chi connectivity index (χ0n) is 9.64. The first-order chi connectivity index (χ1) is 9.40. The van der Waals surface area contributed by atoms with E-state index in [1.165, 1.54) is 24.3 Å². The highest BCUT2D eigenvalue weighted by atomic mass is 35.5. The van der Waals surface area contributed by atoms with E-state index < -0.39 is 18.2 Å². The Morgan fingerprint density at radius 2 is 1.55 bits per heavy atom. The lowest BCUT2D eigenvalue weighted by Crippen LogP contribution is -2.04. The number of halogens is 6. The standard InChI is InChI=1S/C13H6Cl3F3O/c14-8-5-10(16)9(15)4-7(8)6-2-1-3-11(12(6)17)20-13(18)19/h1-5,13H. The molecule has 0 aliphatic rings. The van der Waals surface area contributed by atoms with Crippen LogP contribution in [0.15, 0.2) is 30.3 Å². The Balaban J connectivity index is 2.56. The van der Waals surface area contributed by atoms with Crippen molar-refractivity contribution in [1.29, 1.82) is 0 Å². The zero-order chi connectivity index (χ0) is 14.9. The molecule has 0 atom stereocenters. The summed E-state index contributed by atoms with van der Waals surface area (Å²) in [4.78, 5) is 0. The van der Waals surface area contributed by atoms with Crippen LogP contribution in [-0.2, 0) is 0 Å². The molecule has 0 spiro atoms. The van der Waals surface area contributed by atoms with Crippen LogP contribution in [-0.4, -0.2) is 6.61 Å². The van der Waals surface area contributed by atoms with E-state index in [1.54, 1.807) is 0 Å². The fourth-order valence-corrected chi connectivity index (χ4v) is 2.28. The second-order valence-corrected chi connectivity index (χ2v) is 4.96. The summed E-state index contributed by atoms with van der Waals surface area (Å²) in [5, 5.41) is 0.527. The Labute approximate surface area is 127 Å². The smallest absolute Gasteiger partial charge is 0.387 e. The first kappa shape index (κ1) is 15.3. The second kappa shape index (κ2) is 6.12. The van der Waals surface area contributed by atoms with Gasteiger partial charge in [0.2, 0.25) is 0 Å². The molecule has 0 aliphatic heterocycles. The van der Waals surface area contributed by atoms with Crippen molar-refractivity contribution in [3.63, 3.8) is 0 Å². The normalized spacial score (nSPS) is 10.9. The van der Waals surface area contributed by atoms with Gasteiger partial charge in [0.1, 0.15) is 0 Å². The van der Waals surface area contributed by atoms with Gasteiger partial charge in [-0.3, -0.25) is 0 Å². The Morgan fingerprint density at radius 3 is 2.20 bits per heavy atom. The highest BCUT2D eigenvalue weighted by Gasteiger charge is 2.17. The van der Waals surface area contributed by atoms with E-state index in [1.807, 2.05) is 0 Å². The summed E-state index contributed by atoms with van der Waals surface area (Å²) in [7, 11) is 0. The number of ether oxygens (including phenoxy) is 1. The van der Waals surface area contributed by atoms with Crippen molar-refractivity contribution in [1.82, 2.24) is 0 Å². The Bertz CT molecular complexity index is 647. The van der Waals surface area contributed by atoms with Gasteiger partial charge >= 0.3 is 6.61 Å². The molecule has 0 fully saturated rings. The van der Waals surface area contributed by atoms with Crippen molar-refractivity contribution < 1.29 is 17.9 Å². The van der Waals surface area contributed by atoms with Crippen LogP contribution in [0, 0.1) is 5.82 Å². The molecule has 0 heterocycles. The molecule has 20 heavy (non-hydrogen) atoms. The quantitative estimate of drug-likeness (QED) is 0.617. The number of rotatable bonds is 3. The van der Waals surface area contributed by atoms with Gasteiger partial charge in [-0.05, 0) is 18.2 Å². The molecule has 2 rings (SSSR count). The summed E-state index contributed by atoms with van der Waals surface area (Å²) in [6.07, 6.45) is 0. The molecule has 1 nitrogen and oxygen atoms in total. The van der Waals surface area contributed by atoms with Crippen molar-refractivity contribution in [2.24, 2.45) is 0 Å².